The minimum Gasteiger partial charge on any atom is -0.381 e. The molecule has 3 aliphatic rings. The molecule has 2 saturated heterocycles. The first kappa shape index (κ1) is 19.9. The molecule has 0 bridgehead atoms. The van der Waals surface area contributed by atoms with Crippen molar-refractivity contribution in [1.29, 1.82) is 0 Å². The predicted molar refractivity (Wildman–Crippen MR) is 111 cm³/mol. The molecule has 0 radical (unpaired) electrons. The van der Waals surface area contributed by atoms with E-state index in [1.54, 1.807) is 0 Å². The Kier molecular flexibility index (Phi) is 6.34. The number of hydrogen-bond acceptors (Lipinski definition) is 4. The van der Waals surface area contributed by atoms with Crippen molar-refractivity contribution >= 4 is 5.91 Å². The highest BCUT2D eigenvalue weighted by molar-refractivity contribution is 5.91. The van der Waals surface area contributed by atoms with E-state index in [9.17, 15) is 4.79 Å². The van der Waals surface area contributed by atoms with Crippen LogP contribution in [0.4, 0.5) is 0 Å². The second-order valence-electron chi connectivity index (χ2n) is 8.79. The van der Waals surface area contributed by atoms with Crippen molar-refractivity contribution in [3.05, 3.63) is 35.9 Å². The number of benzene rings is 1. The van der Waals surface area contributed by atoms with Gasteiger partial charge in [0.25, 0.3) is 0 Å². The van der Waals surface area contributed by atoms with Crippen LogP contribution in [0.2, 0.25) is 0 Å². The Balaban J connectivity index is 1.41. The normalized spacial score (nSPS) is 23.5. The molecule has 4 rings (SSSR count). The van der Waals surface area contributed by atoms with Crippen molar-refractivity contribution in [2.24, 2.45) is 0 Å². The molecule has 1 aliphatic carbocycles. The summed E-state index contributed by atoms with van der Waals surface area (Å²) in [6.45, 7) is 8.14. The van der Waals surface area contributed by atoms with Gasteiger partial charge in [-0.2, -0.15) is 0 Å². The Hall–Kier alpha value is -1.43. The maximum Gasteiger partial charge on any atom is 0.233 e. The van der Waals surface area contributed by atoms with Crippen LogP contribution in [0.15, 0.2) is 30.3 Å². The van der Waals surface area contributed by atoms with E-state index in [4.69, 9.17) is 4.74 Å². The molecule has 0 aromatic heterocycles. The molecule has 1 aromatic carbocycles. The van der Waals surface area contributed by atoms with E-state index in [0.29, 0.717) is 11.9 Å². The smallest absolute Gasteiger partial charge is 0.233 e. The molecule has 2 heterocycles. The first-order valence-corrected chi connectivity index (χ1v) is 11.0. The number of ether oxygens (including phenoxy) is 1. The average Bonchev–Trinajstić information content (AvgIpc) is 3.56. The van der Waals surface area contributed by atoms with Gasteiger partial charge in [-0.05, 0) is 51.3 Å². The Morgan fingerprint density at radius 1 is 1.11 bits per heavy atom. The molecule has 5 heteroatoms. The van der Waals surface area contributed by atoms with Crippen LogP contribution >= 0.6 is 0 Å². The fourth-order valence-corrected chi connectivity index (χ4v) is 4.77. The SMILES string of the molecule is CN1CCN(CCCN(C(=O)C2(c3ccccc3)CC2)C2CCOCC2)CC1. The van der Waals surface area contributed by atoms with E-state index in [1.807, 2.05) is 6.07 Å². The van der Waals surface area contributed by atoms with Crippen LogP contribution in [0, 0.1) is 0 Å². The second-order valence-corrected chi connectivity index (χ2v) is 8.79. The monoisotopic (exact) mass is 385 g/mol. The van der Waals surface area contributed by atoms with E-state index in [1.165, 1.54) is 5.56 Å². The van der Waals surface area contributed by atoms with Gasteiger partial charge in [-0.25, -0.2) is 0 Å². The number of likely N-dealkylation sites (N-methyl/N-ethyl adjacent to an activating group) is 1. The molecule has 0 N–H and O–H groups in total. The summed E-state index contributed by atoms with van der Waals surface area (Å²) in [6, 6.07) is 10.8. The third-order valence-corrected chi connectivity index (χ3v) is 6.85. The molecule has 0 atom stereocenters. The lowest BCUT2D eigenvalue weighted by molar-refractivity contribution is -0.138. The molecule has 154 valence electrons. The molecule has 2 aliphatic heterocycles. The van der Waals surface area contributed by atoms with Gasteiger partial charge in [-0.1, -0.05) is 30.3 Å². The van der Waals surface area contributed by atoms with E-state index in [2.05, 4.69) is 46.0 Å². The van der Waals surface area contributed by atoms with E-state index in [0.717, 1.165) is 84.6 Å². The summed E-state index contributed by atoms with van der Waals surface area (Å²) < 4.78 is 5.57. The lowest BCUT2D eigenvalue weighted by atomic mass is 9.92. The Morgan fingerprint density at radius 2 is 1.79 bits per heavy atom. The summed E-state index contributed by atoms with van der Waals surface area (Å²) in [6.07, 6.45) is 5.01. The number of nitrogens with zero attached hydrogens (tertiary/aromatic N) is 3. The molecule has 3 fully saturated rings. The summed E-state index contributed by atoms with van der Waals surface area (Å²) in [4.78, 5) is 20.9. The lowest BCUT2D eigenvalue weighted by Crippen LogP contribution is -2.49. The van der Waals surface area contributed by atoms with Crippen LogP contribution in [0.5, 0.6) is 0 Å². The zero-order valence-corrected chi connectivity index (χ0v) is 17.3. The van der Waals surface area contributed by atoms with Crippen molar-refractivity contribution in [3.63, 3.8) is 0 Å². The molecular formula is C23H35N3O2. The van der Waals surface area contributed by atoms with E-state index < -0.39 is 0 Å². The highest BCUT2D eigenvalue weighted by Crippen LogP contribution is 2.50. The average molecular weight is 386 g/mol. The Morgan fingerprint density at radius 3 is 2.43 bits per heavy atom. The molecule has 5 nitrogen and oxygen atoms in total. The molecular weight excluding hydrogens is 350 g/mol. The maximum atomic E-state index is 13.7. The van der Waals surface area contributed by atoms with Gasteiger partial charge < -0.3 is 19.4 Å². The standard InChI is InChI=1S/C23H35N3O2/c1-24-14-16-25(17-15-24)12-5-13-26(21-8-18-28-19-9-21)22(27)23(10-11-23)20-6-3-2-4-7-20/h2-4,6-7,21H,5,8-19H2,1H3. The van der Waals surface area contributed by atoms with Gasteiger partial charge >= 0.3 is 0 Å². The van der Waals surface area contributed by atoms with Gasteiger partial charge in [0, 0.05) is 52.0 Å². The zero-order chi connectivity index (χ0) is 19.4. The Labute approximate surface area is 169 Å². The van der Waals surface area contributed by atoms with Crippen LogP contribution in [-0.2, 0) is 14.9 Å². The molecule has 0 unspecified atom stereocenters. The fourth-order valence-electron chi connectivity index (χ4n) is 4.77. The number of amides is 1. The first-order chi connectivity index (χ1) is 13.7. The van der Waals surface area contributed by atoms with E-state index in [-0.39, 0.29) is 5.41 Å². The van der Waals surface area contributed by atoms with Gasteiger partial charge in [0.15, 0.2) is 0 Å². The van der Waals surface area contributed by atoms with Crippen LogP contribution in [0.3, 0.4) is 0 Å². The minimum absolute atomic E-state index is 0.257. The zero-order valence-electron chi connectivity index (χ0n) is 17.3. The van der Waals surface area contributed by atoms with Crippen LogP contribution in [0.25, 0.3) is 0 Å². The summed E-state index contributed by atoms with van der Waals surface area (Å²) in [5, 5.41) is 0. The van der Waals surface area contributed by atoms with E-state index >= 15 is 0 Å². The number of rotatable bonds is 7. The molecule has 28 heavy (non-hydrogen) atoms. The van der Waals surface area contributed by atoms with Gasteiger partial charge in [0.1, 0.15) is 0 Å². The quantitative estimate of drug-likeness (QED) is 0.722. The summed E-state index contributed by atoms with van der Waals surface area (Å²) in [5.41, 5.74) is 0.948. The number of carbonyl (C=O) groups excluding carboxylic acids is 1. The fraction of sp³-hybridized carbons (Fsp3) is 0.696. The molecule has 1 saturated carbocycles. The van der Waals surface area contributed by atoms with Crippen molar-refractivity contribution in [1.82, 2.24) is 14.7 Å². The lowest BCUT2D eigenvalue weighted by Gasteiger charge is -2.38. The van der Waals surface area contributed by atoms with Gasteiger partial charge in [-0.15, -0.1) is 0 Å². The molecule has 0 spiro atoms. The van der Waals surface area contributed by atoms with Gasteiger partial charge in [0.05, 0.1) is 5.41 Å². The summed E-state index contributed by atoms with van der Waals surface area (Å²) in [5.74, 6) is 0.365. The van der Waals surface area contributed by atoms with Crippen molar-refractivity contribution in [3.8, 4) is 0 Å². The van der Waals surface area contributed by atoms with Gasteiger partial charge in [-0.3, -0.25) is 4.79 Å². The highest BCUT2D eigenvalue weighted by atomic mass is 16.5. The predicted octanol–water partition coefficient (Wildman–Crippen LogP) is 2.36. The summed E-state index contributed by atoms with van der Waals surface area (Å²) >= 11 is 0. The second kappa shape index (κ2) is 8.93. The van der Waals surface area contributed by atoms with Crippen molar-refractivity contribution < 1.29 is 9.53 Å². The minimum atomic E-state index is -0.257. The van der Waals surface area contributed by atoms with Crippen LogP contribution in [0.1, 0.15) is 37.7 Å². The highest BCUT2D eigenvalue weighted by Gasteiger charge is 2.53. The number of piperazine rings is 1. The first-order valence-electron chi connectivity index (χ1n) is 11.0. The summed E-state index contributed by atoms with van der Waals surface area (Å²) in [7, 11) is 2.20. The molecule has 1 amide bonds. The topological polar surface area (TPSA) is 36.0 Å². The largest absolute Gasteiger partial charge is 0.381 e. The maximum absolute atomic E-state index is 13.7. The molecule has 1 aromatic rings. The number of hydrogen-bond donors (Lipinski definition) is 0. The van der Waals surface area contributed by atoms with Crippen LogP contribution < -0.4 is 0 Å². The van der Waals surface area contributed by atoms with Gasteiger partial charge in [0.2, 0.25) is 5.91 Å². The Bertz CT molecular complexity index is 633. The van der Waals surface area contributed by atoms with Crippen LogP contribution in [-0.4, -0.2) is 86.2 Å². The third kappa shape index (κ3) is 4.42. The third-order valence-electron chi connectivity index (χ3n) is 6.85. The van der Waals surface area contributed by atoms with Crippen molar-refractivity contribution in [2.75, 3.05) is 59.5 Å². The number of carbonyl (C=O) groups is 1. The van der Waals surface area contributed by atoms with Crippen molar-refractivity contribution in [2.45, 2.75) is 43.6 Å².